The van der Waals surface area contributed by atoms with Crippen molar-refractivity contribution in [3.63, 3.8) is 0 Å². The number of nitrogens with zero attached hydrogens (tertiary/aromatic N) is 2. The normalized spacial score (nSPS) is 18.7. The molecular formula is C17H18FN3O3S. The van der Waals surface area contributed by atoms with Gasteiger partial charge in [-0.2, -0.15) is 4.31 Å². The van der Waals surface area contributed by atoms with Crippen LogP contribution in [0.15, 0.2) is 53.7 Å². The van der Waals surface area contributed by atoms with Crippen LogP contribution < -0.4 is 5.32 Å². The first-order valence-corrected chi connectivity index (χ1v) is 9.37. The van der Waals surface area contributed by atoms with Gasteiger partial charge in [-0.05, 0) is 49.2 Å². The van der Waals surface area contributed by atoms with Gasteiger partial charge in [0, 0.05) is 31.2 Å². The van der Waals surface area contributed by atoms with Gasteiger partial charge >= 0.3 is 0 Å². The average Bonchev–Trinajstić information content (AvgIpc) is 2.63. The molecule has 1 aromatic heterocycles. The van der Waals surface area contributed by atoms with E-state index in [0.717, 1.165) is 12.1 Å². The Morgan fingerprint density at radius 3 is 2.52 bits per heavy atom. The van der Waals surface area contributed by atoms with Crippen LogP contribution in [0.1, 0.15) is 12.8 Å². The topological polar surface area (TPSA) is 79.4 Å². The van der Waals surface area contributed by atoms with Crippen LogP contribution in [-0.4, -0.2) is 36.7 Å². The van der Waals surface area contributed by atoms with Gasteiger partial charge in [-0.3, -0.25) is 9.78 Å². The summed E-state index contributed by atoms with van der Waals surface area (Å²) >= 11 is 0. The van der Waals surface area contributed by atoms with E-state index in [1.807, 2.05) is 0 Å². The zero-order chi connectivity index (χ0) is 17.9. The Morgan fingerprint density at radius 2 is 1.84 bits per heavy atom. The summed E-state index contributed by atoms with van der Waals surface area (Å²) in [5.74, 6) is -1.14. The number of halogens is 1. The smallest absolute Gasteiger partial charge is 0.243 e. The summed E-state index contributed by atoms with van der Waals surface area (Å²) in [6.45, 7) is 0.454. The second-order valence-electron chi connectivity index (χ2n) is 5.88. The monoisotopic (exact) mass is 363 g/mol. The molecule has 1 aliphatic heterocycles. The molecule has 1 amide bonds. The molecule has 2 aromatic rings. The number of anilines is 1. The standard InChI is InChI=1S/C17H18FN3O3S/c18-14-3-5-16(6-4-14)25(23,24)21-11-1-2-13(12-21)17(22)20-15-7-9-19-10-8-15/h3-10,13H,1-2,11-12H2,(H,19,20,22)/t13-/m1/s1. The highest BCUT2D eigenvalue weighted by atomic mass is 32.2. The van der Waals surface area contributed by atoms with Crippen molar-refractivity contribution < 1.29 is 17.6 Å². The van der Waals surface area contributed by atoms with E-state index in [4.69, 9.17) is 0 Å². The quantitative estimate of drug-likeness (QED) is 0.904. The molecule has 0 spiro atoms. The van der Waals surface area contributed by atoms with Gasteiger partial charge in [0.2, 0.25) is 15.9 Å². The highest BCUT2D eigenvalue weighted by Crippen LogP contribution is 2.25. The predicted molar refractivity (Wildman–Crippen MR) is 90.7 cm³/mol. The Balaban J connectivity index is 1.72. The van der Waals surface area contributed by atoms with E-state index < -0.39 is 21.8 Å². The van der Waals surface area contributed by atoms with E-state index in [9.17, 15) is 17.6 Å². The third kappa shape index (κ3) is 4.02. The summed E-state index contributed by atoms with van der Waals surface area (Å²) in [6.07, 6.45) is 4.35. The van der Waals surface area contributed by atoms with Gasteiger partial charge in [0.05, 0.1) is 10.8 Å². The van der Waals surface area contributed by atoms with E-state index in [1.165, 1.54) is 16.4 Å². The molecule has 3 rings (SSSR count). The van der Waals surface area contributed by atoms with E-state index in [0.29, 0.717) is 25.1 Å². The Labute approximate surface area is 145 Å². The number of carbonyl (C=O) groups is 1. The van der Waals surface area contributed by atoms with Crippen molar-refractivity contribution in [2.24, 2.45) is 5.92 Å². The van der Waals surface area contributed by atoms with Gasteiger partial charge in [-0.15, -0.1) is 0 Å². The van der Waals surface area contributed by atoms with Crippen LogP contribution in [0.4, 0.5) is 10.1 Å². The number of nitrogens with one attached hydrogen (secondary N) is 1. The largest absolute Gasteiger partial charge is 0.326 e. The molecule has 0 radical (unpaired) electrons. The fourth-order valence-corrected chi connectivity index (χ4v) is 4.33. The van der Waals surface area contributed by atoms with Crippen molar-refractivity contribution in [1.82, 2.24) is 9.29 Å². The van der Waals surface area contributed by atoms with Crippen molar-refractivity contribution in [2.45, 2.75) is 17.7 Å². The molecule has 25 heavy (non-hydrogen) atoms. The summed E-state index contributed by atoms with van der Waals surface area (Å²) < 4.78 is 39.7. The molecule has 1 saturated heterocycles. The van der Waals surface area contributed by atoms with Gasteiger partial charge in [-0.25, -0.2) is 12.8 Å². The molecule has 0 unspecified atom stereocenters. The van der Waals surface area contributed by atoms with Gasteiger partial charge in [0.15, 0.2) is 0 Å². The first-order chi connectivity index (χ1) is 12.0. The third-order valence-electron chi connectivity index (χ3n) is 4.15. The van der Waals surface area contributed by atoms with Crippen LogP contribution in [0, 0.1) is 11.7 Å². The number of benzene rings is 1. The van der Waals surface area contributed by atoms with Crippen molar-refractivity contribution >= 4 is 21.6 Å². The summed E-state index contributed by atoms with van der Waals surface area (Å²) in [4.78, 5) is 16.3. The Morgan fingerprint density at radius 1 is 1.16 bits per heavy atom. The zero-order valence-electron chi connectivity index (χ0n) is 13.4. The van der Waals surface area contributed by atoms with Gasteiger partial charge in [0.25, 0.3) is 0 Å². The summed E-state index contributed by atoms with van der Waals surface area (Å²) in [5, 5.41) is 2.78. The molecule has 1 atom stereocenters. The number of rotatable bonds is 4. The molecule has 1 fully saturated rings. The van der Waals surface area contributed by atoms with Gasteiger partial charge in [0.1, 0.15) is 5.82 Å². The maximum absolute atomic E-state index is 13.0. The van der Waals surface area contributed by atoms with E-state index in [-0.39, 0.29) is 17.3 Å². The van der Waals surface area contributed by atoms with Crippen LogP contribution in [0.3, 0.4) is 0 Å². The second kappa shape index (κ2) is 7.28. The number of amides is 1. The fraction of sp³-hybridized carbons (Fsp3) is 0.294. The van der Waals surface area contributed by atoms with E-state index >= 15 is 0 Å². The molecule has 0 bridgehead atoms. The fourth-order valence-electron chi connectivity index (χ4n) is 2.81. The minimum Gasteiger partial charge on any atom is -0.326 e. The molecule has 1 aromatic carbocycles. The van der Waals surface area contributed by atoms with E-state index in [1.54, 1.807) is 24.5 Å². The number of sulfonamides is 1. The highest BCUT2D eigenvalue weighted by molar-refractivity contribution is 7.89. The lowest BCUT2D eigenvalue weighted by atomic mass is 9.99. The molecule has 132 valence electrons. The molecule has 1 N–H and O–H groups in total. The predicted octanol–water partition coefficient (Wildman–Crippen LogP) is 2.26. The van der Waals surface area contributed by atoms with Crippen LogP contribution in [0.5, 0.6) is 0 Å². The molecule has 6 nitrogen and oxygen atoms in total. The Hall–Kier alpha value is -2.32. The minimum atomic E-state index is -3.74. The van der Waals surface area contributed by atoms with Crippen LogP contribution in [-0.2, 0) is 14.8 Å². The first kappa shape index (κ1) is 17.5. The molecule has 0 saturated carbocycles. The summed E-state index contributed by atoms with van der Waals surface area (Å²) in [5.41, 5.74) is 0.624. The Kier molecular flexibility index (Phi) is 5.10. The van der Waals surface area contributed by atoms with Crippen molar-refractivity contribution in [3.8, 4) is 0 Å². The number of hydrogen-bond acceptors (Lipinski definition) is 4. The molecule has 1 aliphatic rings. The lowest BCUT2D eigenvalue weighted by Crippen LogP contribution is -2.43. The summed E-state index contributed by atoms with van der Waals surface area (Å²) in [6, 6.07) is 8.06. The van der Waals surface area contributed by atoms with Gasteiger partial charge < -0.3 is 5.32 Å². The molecular weight excluding hydrogens is 345 g/mol. The highest BCUT2D eigenvalue weighted by Gasteiger charge is 2.33. The second-order valence-corrected chi connectivity index (χ2v) is 7.82. The lowest BCUT2D eigenvalue weighted by Gasteiger charge is -2.31. The van der Waals surface area contributed by atoms with Crippen molar-refractivity contribution in [2.75, 3.05) is 18.4 Å². The Bertz CT molecular complexity index is 841. The lowest BCUT2D eigenvalue weighted by molar-refractivity contribution is -0.120. The van der Waals surface area contributed by atoms with Crippen molar-refractivity contribution in [3.05, 3.63) is 54.6 Å². The van der Waals surface area contributed by atoms with E-state index in [2.05, 4.69) is 10.3 Å². The minimum absolute atomic E-state index is 0.0316. The molecule has 2 heterocycles. The maximum atomic E-state index is 13.0. The summed E-state index contributed by atoms with van der Waals surface area (Å²) in [7, 11) is -3.74. The number of aromatic nitrogens is 1. The van der Waals surface area contributed by atoms with Crippen LogP contribution >= 0.6 is 0 Å². The van der Waals surface area contributed by atoms with Gasteiger partial charge in [-0.1, -0.05) is 0 Å². The number of piperidine rings is 1. The average molecular weight is 363 g/mol. The number of pyridine rings is 1. The third-order valence-corrected chi connectivity index (χ3v) is 6.03. The maximum Gasteiger partial charge on any atom is 0.243 e. The first-order valence-electron chi connectivity index (χ1n) is 7.93. The zero-order valence-corrected chi connectivity index (χ0v) is 14.2. The van der Waals surface area contributed by atoms with Crippen LogP contribution in [0.25, 0.3) is 0 Å². The molecule has 8 heteroatoms. The van der Waals surface area contributed by atoms with Crippen LogP contribution in [0.2, 0.25) is 0 Å². The number of carbonyl (C=O) groups excluding carboxylic acids is 1. The number of hydrogen-bond donors (Lipinski definition) is 1. The molecule has 0 aliphatic carbocycles. The van der Waals surface area contributed by atoms with Crippen molar-refractivity contribution in [1.29, 1.82) is 0 Å². The SMILES string of the molecule is O=C(Nc1ccncc1)[C@@H]1CCCN(S(=O)(=O)c2ccc(F)cc2)C1.